The van der Waals surface area contributed by atoms with Crippen LogP contribution < -0.4 is 10.6 Å². The van der Waals surface area contributed by atoms with Gasteiger partial charge in [0, 0.05) is 6.54 Å². The smallest absolute Gasteiger partial charge is 0.306 e. The molecule has 3 N–H and O–H groups in total. The fourth-order valence-electron chi connectivity index (χ4n) is 1.30. The van der Waals surface area contributed by atoms with E-state index in [4.69, 9.17) is 9.52 Å². The standard InChI is InChI=1S/C12H15BrN2O5/c1-7(12(18)19)4-5-14-10(16)6-15-11(17)8-2-3-9(13)20-8/h2-3,7H,4-6H2,1H3,(H,14,16)(H,15,17)(H,18,19). The molecule has 0 saturated carbocycles. The van der Waals surface area contributed by atoms with Crippen LogP contribution in [0.4, 0.5) is 0 Å². The molecule has 0 bridgehead atoms. The average molecular weight is 347 g/mol. The van der Waals surface area contributed by atoms with E-state index in [1.54, 1.807) is 13.0 Å². The highest BCUT2D eigenvalue weighted by Crippen LogP contribution is 2.13. The van der Waals surface area contributed by atoms with Gasteiger partial charge in [0.25, 0.3) is 5.91 Å². The highest BCUT2D eigenvalue weighted by molar-refractivity contribution is 9.10. The summed E-state index contributed by atoms with van der Waals surface area (Å²) in [5, 5.41) is 13.6. The molecular weight excluding hydrogens is 332 g/mol. The second-order valence-corrected chi connectivity index (χ2v) is 4.95. The number of carbonyl (C=O) groups is 3. The quantitative estimate of drug-likeness (QED) is 0.682. The third-order valence-corrected chi connectivity index (χ3v) is 2.95. The van der Waals surface area contributed by atoms with Crippen LogP contribution in [0.25, 0.3) is 0 Å². The zero-order valence-electron chi connectivity index (χ0n) is 10.8. The molecular formula is C12H15BrN2O5. The van der Waals surface area contributed by atoms with E-state index in [0.29, 0.717) is 11.1 Å². The third kappa shape index (κ3) is 5.43. The Kier molecular flexibility index (Phi) is 6.23. The number of aliphatic carboxylic acids is 1. The van der Waals surface area contributed by atoms with Crippen LogP contribution in [0.15, 0.2) is 21.2 Å². The van der Waals surface area contributed by atoms with E-state index in [1.807, 2.05) is 0 Å². The van der Waals surface area contributed by atoms with Gasteiger partial charge in [0.15, 0.2) is 10.4 Å². The lowest BCUT2D eigenvalue weighted by molar-refractivity contribution is -0.141. The molecule has 2 amide bonds. The Morgan fingerprint density at radius 1 is 1.35 bits per heavy atom. The Balaban J connectivity index is 2.23. The van der Waals surface area contributed by atoms with Gasteiger partial charge in [-0.1, -0.05) is 6.92 Å². The SMILES string of the molecule is CC(CCNC(=O)CNC(=O)c1ccc(Br)o1)C(=O)O. The summed E-state index contributed by atoms with van der Waals surface area (Å²) in [6, 6.07) is 3.05. The number of amides is 2. The summed E-state index contributed by atoms with van der Waals surface area (Å²) in [4.78, 5) is 33.5. The molecule has 1 aromatic rings. The monoisotopic (exact) mass is 346 g/mol. The number of furan rings is 1. The van der Waals surface area contributed by atoms with Crippen LogP contribution >= 0.6 is 15.9 Å². The van der Waals surface area contributed by atoms with Crippen molar-refractivity contribution in [1.29, 1.82) is 0 Å². The van der Waals surface area contributed by atoms with Crippen LogP contribution in [0.1, 0.15) is 23.9 Å². The van der Waals surface area contributed by atoms with E-state index < -0.39 is 17.8 Å². The Morgan fingerprint density at radius 3 is 2.60 bits per heavy atom. The topological polar surface area (TPSA) is 109 Å². The summed E-state index contributed by atoms with van der Waals surface area (Å²) in [6.07, 6.45) is 0.333. The van der Waals surface area contributed by atoms with Crippen LogP contribution in [0.2, 0.25) is 0 Å². The van der Waals surface area contributed by atoms with E-state index in [0.717, 1.165) is 0 Å². The van der Waals surface area contributed by atoms with Gasteiger partial charge in [0.1, 0.15) is 0 Å². The summed E-state index contributed by atoms with van der Waals surface area (Å²) < 4.78 is 5.45. The number of hydrogen-bond donors (Lipinski definition) is 3. The van der Waals surface area contributed by atoms with Crippen LogP contribution in [-0.4, -0.2) is 36.0 Å². The number of rotatable bonds is 7. The number of hydrogen-bond acceptors (Lipinski definition) is 4. The molecule has 20 heavy (non-hydrogen) atoms. The molecule has 1 atom stereocenters. The molecule has 0 spiro atoms. The fourth-order valence-corrected chi connectivity index (χ4v) is 1.60. The van der Waals surface area contributed by atoms with Crippen LogP contribution in [0.3, 0.4) is 0 Å². The number of carbonyl (C=O) groups excluding carboxylic acids is 2. The lowest BCUT2D eigenvalue weighted by Crippen LogP contribution is -2.37. The molecule has 0 radical (unpaired) electrons. The van der Waals surface area contributed by atoms with Gasteiger partial charge < -0.3 is 20.2 Å². The molecule has 0 fully saturated rings. The van der Waals surface area contributed by atoms with E-state index >= 15 is 0 Å². The van der Waals surface area contributed by atoms with Gasteiger partial charge in [-0.05, 0) is 34.5 Å². The van der Waals surface area contributed by atoms with Crippen molar-refractivity contribution in [1.82, 2.24) is 10.6 Å². The highest BCUT2D eigenvalue weighted by Gasteiger charge is 2.13. The van der Waals surface area contributed by atoms with Gasteiger partial charge in [0.05, 0.1) is 12.5 Å². The lowest BCUT2D eigenvalue weighted by atomic mass is 10.1. The van der Waals surface area contributed by atoms with Crippen LogP contribution in [-0.2, 0) is 9.59 Å². The number of nitrogens with one attached hydrogen (secondary N) is 2. The predicted molar refractivity (Wildman–Crippen MR) is 73.2 cm³/mol. The first-order valence-electron chi connectivity index (χ1n) is 5.93. The maximum absolute atomic E-state index is 11.6. The summed E-state index contributed by atoms with van der Waals surface area (Å²) in [5.41, 5.74) is 0. The minimum atomic E-state index is -0.907. The Hall–Kier alpha value is -1.83. The van der Waals surface area contributed by atoms with Crippen molar-refractivity contribution in [3.05, 3.63) is 22.6 Å². The van der Waals surface area contributed by atoms with Crippen molar-refractivity contribution >= 4 is 33.7 Å². The van der Waals surface area contributed by atoms with E-state index in [1.165, 1.54) is 6.07 Å². The van der Waals surface area contributed by atoms with Gasteiger partial charge in [-0.3, -0.25) is 14.4 Å². The first kappa shape index (κ1) is 16.2. The fraction of sp³-hybridized carbons (Fsp3) is 0.417. The highest BCUT2D eigenvalue weighted by atomic mass is 79.9. The largest absolute Gasteiger partial charge is 0.481 e. The van der Waals surface area contributed by atoms with Crippen molar-refractivity contribution in [3.63, 3.8) is 0 Å². The normalized spacial score (nSPS) is 11.7. The Morgan fingerprint density at radius 2 is 2.05 bits per heavy atom. The van der Waals surface area contributed by atoms with Crippen molar-refractivity contribution in [2.24, 2.45) is 5.92 Å². The van der Waals surface area contributed by atoms with Crippen molar-refractivity contribution in [2.75, 3.05) is 13.1 Å². The Bertz CT molecular complexity index is 500. The zero-order valence-corrected chi connectivity index (χ0v) is 12.4. The zero-order chi connectivity index (χ0) is 15.1. The van der Waals surface area contributed by atoms with Gasteiger partial charge in [-0.25, -0.2) is 0 Å². The first-order chi connectivity index (χ1) is 9.40. The summed E-state index contributed by atoms with van der Waals surface area (Å²) in [5.74, 6) is -2.21. The molecule has 0 aromatic carbocycles. The number of carboxylic acids is 1. The Labute approximate surface area is 123 Å². The van der Waals surface area contributed by atoms with Crippen molar-refractivity contribution in [2.45, 2.75) is 13.3 Å². The molecule has 8 heteroatoms. The molecule has 1 rings (SSSR count). The maximum Gasteiger partial charge on any atom is 0.306 e. The van der Waals surface area contributed by atoms with Crippen molar-refractivity contribution < 1.29 is 23.9 Å². The predicted octanol–water partition coefficient (Wildman–Crippen LogP) is 0.999. The van der Waals surface area contributed by atoms with Crippen LogP contribution in [0, 0.1) is 5.92 Å². The summed E-state index contributed by atoms with van der Waals surface area (Å²) >= 11 is 3.07. The van der Waals surface area contributed by atoms with Crippen molar-refractivity contribution in [3.8, 4) is 0 Å². The number of carboxylic acid groups (broad SMARTS) is 1. The second kappa shape index (κ2) is 7.68. The molecule has 0 saturated heterocycles. The van der Waals surface area contributed by atoms with Gasteiger partial charge >= 0.3 is 5.97 Å². The molecule has 0 aliphatic rings. The molecule has 7 nitrogen and oxygen atoms in total. The first-order valence-corrected chi connectivity index (χ1v) is 6.72. The van der Waals surface area contributed by atoms with Gasteiger partial charge in [-0.15, -0.1) is 0 Å². The lowest BCUT2D eigenvalue weighted by Gasteiger charge is -2.08. The molecule has 1 aromatic heterocycles. The average Bonchev–Trinajstić information content (AvgIpc) is 2.82. The van der Waals surface area contributed by atoms with E-state index in [2.05, 4.69) is 26.6 Å². The van der Waals surface area contributed by atoms with E-state index in [9.17, 15) is 14.4 Å². The maximum atomic E-state index is 11.6. The van der Waals surface area contributed by atoms with E-state index in [-0.39, 0.29) is 24.8 Å². The second-order valence-electron chi connectivity index (χ2n) is 4.16. The van der Waals surface area contributed by atoms with Gasteiger partial charge in [-0.2, -0.15) is 0 Å². The van der Waals surface area contributed by atoms with Gasteiger partial charge in [0.2, 0.25) is 5.91 Å². The third-order valence-electron chi connectivity index (χ3n) is 2.53. The minimum Gasteiger partial charge on any atom is -0.481 e. The number of halogens is 1. The molecule has 0 aliphatic carbocycles. The summed E-state index contributed by atoms with van der Waals surface area (Å²) in [6.45, 7) is 1.61. The molecule has 1 heterocycles. The molecule has 110 valence electrons. The molecule has 1 unspecified atom stereocenters. The molecule has 0 aliphatic heterocycles. The van der Waals surface area contributed by atoms with Crippen LogP contribution in [0.5, 0.6) is 0 Å². The minimum absolute atomic E-state index is 0.101. The summed E-state index contributed by atoms with van der Waals surface area (Å²) in [7, 11) is 0.